The summed E-state index contributed by atoms with van der Waals surface area (Å²) in [5.74, 6) is 1.01. The first-order valence-electron chi connectivity index (χ1n) is 7.72. The van der Waals surface area contributed by atoms with E-state index in [-0.39, 0.29) is 16.6 Å². The lowest BCUT2D eigenvalue weighted by Gasteiger charge is -2.20. The summed E-state index contributed by atoms with van der Waals surface area (Å²) in [5.41, 5.74) is 1.44. The van der Waals surface area contributed by atoms with E-state index in [9.17, 15) is 4.79 Å². The van der Waals surface area contributed by atoms with Crippen LogP contribution in [0.25, 0.3) is 5.69 Å². The Bertz CT molecular complexity index is 721. The largest absolute Gasteiger partial charge is 0.294 e. The standard InChI is InChI=1S/C18H24BrN3O/c1-17(2,3)10-15(23)12-7-13(19)9-14(8-12)22-11-20-21-16(22)18(4,5)6/h7-9,11H,10H2,1-6H3. The van der Waals surface area contributed by atoms with E-state index in [4.69, 9.17) is 0 Å². The molecule has 4 nitrogen and oxygen atoms in total. The van der Waals surface area contributed by atoms with Crippen molar-refractivity contribution in [3.63, 3.8) is 0 Å². The van der Waals surface area contributed by atoms with Gasteiger partial charge in [-0.25, -0.2) is 0 Å². The zero-order chi connectivity index (χ0) is 17.4. The van der Waals surface area contributed by atoms with Crippen LogP contribution >= 0.6 is 15.9 Å². The third kappa shape index (κ3) is 4.50. The van der Waals surface area contributed by atoms with Crippen molar-refractivity contribution in [3.05, 3.63) is 40.4 Å². The zero-order valence-corrected chi connectivity index (χ0v) is 16.2. The quantitative estimate of drug-likeness (QED) is 0.711. The van der Waals surface area contributed by atoms with Gasteiger partial charge in [0.1, 0.15) is 12.2 Å². The minimum atomic E-state index is -0.131. The Hall–Kier alpha value is -1.49. The van der Waals surface area contributed by atoms with E-state index in [1.807, 2.05) is 22.8 Å². The molecule has 0 spiro atoms. The fraction of sp³-hybridized carbons (Fsp3) is 0.500. The Labute approximate surface area is 146 Å². The molecular weight excluding hydrogens is 354 g/mol. The third-order valence-electron chi connectivity index (χ3n) is 3.39. The number of halogens is 1. The van der Waals surface area contributed by atoms with E-state index in [0.29, 0.717) is 12.0 Å². The van der Waals surface area contributed by atoms with Crippen LogP contribution in [0.5, 0.6) is 0 Å². The first-order valence-corrected chi connectivity index (χ1v) is 8.51. The van der Waals surface area contributed by atoms with Gasteiger partial charge in [-0.3, -0.25) is 9.36 Å². The maximum absolute atomic E-state index is 12.6. The molecule has 0 atom stereocenters. The molecule has 124 valence electrons. The van der Waals surface area contributed by atoms with Gasteiger partial charge >= 0.3 is 0 Å². The molecule has 1 aromatic carbocycles. The lowest BCUT2D eigenvalue weighted by Crippen LogP contribution is -2.18. The maximum atomic E-state index is 12.6. The van der Waals surface area contributed by atoms with Gasteiger partial charge in [0, 0.05) is 21.9 Å². The molecule has 1 heterocycles. The van der Waals surface area contributed by atoms with Crippen LogP contribution in [0.3, 0.4) is 0 Å². The molecule has 2 aromatic rings. The minimum absolute atomic E-state index is 0.0350. The van der Waals surface area contributed by atoms with Gasteiger partial charge in [-0.15, -0.1) is 10.2 Å². The Kier molecular flexibility index (Phi) is 4.81. The van der Waals surface area contributed by atoms with Crippen LogP contribution in [0.2, 0.25) is 0 Å². The van der Waals surface area contributed by atoms with Crippen LogP contribution in [0.15, 0.2) is 29.0 Å². The Morgan fingerprint density at radius 3 is 2.35 bits per heavy atom. The van der Waals surface area contributed by atoms with Gasteiger partial charge in [0.15, 0.2) is 5.78 Å². The smallest absolute Gasteiger partial charge is 0.163 e. The average molecular weight is 378 g/mol. The SMILES string of the molecule is CC(C)(C)CC(=O)c1cc(Br)cc(-n2cnnc2C(C)(C)C)c1. The first-order chi connectivity index (χ1) is 10.5. The molecule has 0 aliphatic heterocycles. The van der Waals surface area contributed by atoms with Crippen LogP contribution in [0.1, 0.15) is 64.1 Å². The van der Waals surface area contributed by atoms with Gasteiger partial charge in [-0.1, -0.05) is 57.5 Å². The molecule has 5 heteroatoms. The van der Waals surface area contributed by atoms with Crippen molar-refractivity contribution in [2.75, 3.05) is 0 Å². The van der Waals surface area contributed by atoms with Crippen LogP contribution in [0.4, 0.5) is 0 Å². The number of rotatable bonds is 3. The molecular formula is C18H24BrN3O. The highest BCUT2D eigenvalue weighted by Gasteiger charge is 2.23. The van der Waals surface area contributed by atoms with Crippen molar-refractivity contribution in [3.8, 4) is 5.69 Å². The summed E-state index contributed by atoms with van der Waals surface area (Å²) in [5, 5.41) is 8.28. The average Bonchev–Trinajstić information content (AvgIpc) is 2.84. The summed E-state index contributed by atoms with van der Waals surface area (Å²) in [6, 6.07) is 5.77. The highest BCUT2D eigenvalue weighted by atomic mass is 79.9. The van der Waals surface area contributed by atoms with E-state index in [1.54, 1.807) is 6.33 Å². The fourth-order valence-electron chi connectivity index (χ4n) is 2.39. The molecule has 0 bridgehead atoms. The van der Waals surface area contributed by atoms with Crippen molar-refractivity contribution in [2.45, 2.75) is 53.4 Å². The molecule has 0 fully saturated rings. The Morgan fingerprint density at radius 2 is 1.78 bits per heavy atom. The highest BCUT2D eigenvalue weighted by Crippen LogP contribution is 2.27. The summed E-state index contributed by atoms with van der Waals surface area (Å²) in [6.45, 7) is 12.5. The molecule has 0 saturated carbocycles. The van der Waals surface area contributed by atoms with Crippen LogP contribution in [0, 0.1) is 5.41 Å². The predicted octanol–water partition coefficient (Wildman–Crippen LogP) is 4.95. The normalized spacial score (nSPS) is 12.5. The lowest BCUT2D eigenvalue weighted by atomic mass is 9.88. The number of carbonyl (C=O) groups is 1. The van der Waals surface area contributed by atoms with Crippen molar-refractivity contribution in [2.24, 2.45) is 5.41 Å². The van der Waals surface area contributed by atoms with Crippen molar-refractivity contribution in [1.29, 1.82) is 0 Å². The van der Waals surface area contributed by atoms with E-state index in [2.05, 4.69) is 67.7 Å². The molecule has 2 rings (SSSR count). The summed E-state index contributed by atoms with van der Waals surface area (Å²) in [7, 11) is 0. The predicted molar refractivity (Wildman–Crippen MR) is 96.2 cm³/mol. The molecule has 0 aliphatic carbocycles. The Morgan fingerprint density at radius 1 is 1.13 bits per heavy atom. The number of nitrogens with zero attached hydrogens (tertiary/aromatic N) is 3. The monoisotopic (exact) mass is 377 g/mol. The fourth-order valence-corrected chi connectivity index (χ4v) is 2.87. The molecule has 0 aliphatic rings. The van der Waals surface area contributed by atoms with E-state index in [0.717, 1.165) is 16.0 Å². The van der Waals surface area contributed by atoms with Crippen LogP contribution in [-0.2, 0) is 5.41 Å². The van der Waals surface area contributed by atoms with Crippen molar-refractivity contribution < 1.29 is 4.79 Å². The number of Topliss-reactive ketones (excluding diaryl/α,β-unsaturated/α-hetero) is 1. The van der Waals surface area contributed by atoms with Gasteiger partial charge in [0.05, 0.1) is 5.69 Å². The molecule has 0 unspecified atom stereocenters. The number of carbonyl (C=O) groups excluding carboxylic acids is 1. The number of hydrogen-bond donors (Lipinski definition) is 0. The third-order valence-corrected chi connectivity index (χ3v) is 3.85. The number of aromatic nitrogens is 3. The Balaban J connectivity index is 2.47. The van der Waals surface area contributed by atoms with Crippen molar-refractivity contribution in [1.82, 2.24) is 14.8 Å². The topological polar surface area (TPSA) is 47.8 Å². The zero-order valence-electron chi connectivity index (χ0n) is 14.6. The lowest BCUT2D eigenvalue weighted by molar-refractivity contribution is 0.0940. The summed E-state index contributed by atoms with van der Waals surface area (Å²) in [6.07, 6.45) is 2.21. The van der Waals surface area contributed by atoms with Gasteiger partial charge < -0.3 is 0 Å². The maximum Gasteiger partial charge on any atom is 0.163 e. The molecule has 1 aromatic heterocycles. The van der Waals surface area contributed by atoms with Crippen LogP contribution in [-0.4, -0.2) is 20.5 Å². The number of hydrogen-bond acceptors (Lipinski definition) is 3. The van der Waals surface area contributed by atoms with Gasteiger partial charge in [0.2, 0.25) is 0 Å². The molecule has 0 radical (unpaired) electrons. The summed E-state index contributed by atoms with van der Waals surface area (Å²) in [4.78, 5) is 12.6. The first kappa shape index (κ1) is 17.9. The molecule has 0 amide bonds. The molecule has 23 heavy (non-hydrogen) atoms. The summed E-state index contributed by atoms with van der Waals surface area (Å²) >= 11 is 3.52. The second kappa shape index (κ2) is 6.19. The van der Waals surface area contributed by atoms with Gasteiger partial charge in [-0.2, -0.15) is 0 Å². The highest BCUT2D eigenvalue weighted by molar-refractivity contribution is 9.10. The minimum Gasteiger partial charge on any atom is -0.294 e. The second-order valence-electron chi connectivity index (χ2n) is 8.13. The summed E-state index contributed by atoms with van der Waals surface area (Å²) < 4.78 is 2.82. The molecule has 0 saturated heterocycles. The van der Waals surface area contributed by atoms with Crippen LogP contribution < -0.4 is 0 Å². The van der Waals surface area contributed by atoms with Crippen molar-refractivity contribution >= 4 is 21.7 Å². The number of benzene rings is 1. The second-order valence-corrected chi connectivity index (χ2v) is 9.05. The van der Waals surface area contributed by atoms with E-state index < -0.39 is 0 Å². The van der Waals surface area contributed by atoms with E-state index in [1.165, 1.54) is 0 Å². The van der Waals surface area contributed by atoms with E-state index >= 15 is 0 Å². The molecule has 0 N–H and O–H groups in total. The van der Waals surface area contributed by atoms with Gasteiger partial charge in [-0.05, 0) is 23.6 Å². The number of ketones is 1. The van der Waals surface area contributed by atoms with Gasteiger partial charge in [0.25, 0.3) is 0 Å².